The first-order chi connectivity index (χ1) is 18.1. The van der Waals surface area contributed by atoms with Crippen molar-refractivity contribution in [3.63, 3.8) is 0 Å². The van der Waals surface area contributed by atoms with E-state index in [0.29, 0.717) is 38.7 Å². The first kappa shape index (κ1) is 28.1. The van der Waals surface area contributed by atoms with E-state index in [9.17, 15) is 9.59 Å². The van der Waals surface area contributed by atoms with E-state index in [1.807, 2.05) is 30.3 Å². The van der Waals surface area contributed by atoms with Crippen LogP contribution in [0.5, 0.6) is 11.5 Å². The van der Waals surface area contributed by atoms with E-state index >= 15 is 0 Å². The molecule has 10 heteroatoms. The molecule has 0 aliphatic carbocycles. The summed E-state index contributed by atoms with van der Waals surface area (Å²) in [6.07, 6.45) is 3.09. The van der Waals surface area contributed by atoms with Gasteiger partial charge in [0, 0.05) is 20.1 Å². The molecule has 198 valence electrons. The molecular formula is C28H26Br2N2O5S. The fourth-order valence-electron chi connectivity index (χ4n) is 4.13. The summed E-state index contributed by atoms with van der Waals surface area (Å²) in [5.74, 6) is 0.612. The number of carbonyl (C=O) groups excluding carboxylic acids is 1. The molecule has 0 bridgehead atoms. The Bertz CT molecular complexity index is 1620. The minimum absolute atomic E-state index is 0.284. The van der Waals surface area contributed by atoms with Crippen LogP contribution in [0.2, 0.25) is 0 Å². The molecule has 1 atom stereocenters. The summed E-state index contributed by atoms with van der Waals surface area (Å²) in [7, 11) is 1.55. The Hall–Kier alpha value is -2.95. The highest BCUT2D eigenvalue weighted by atomic mass is 79.9. The van der Waals surface area contributed by atoms with Gasteiger partial charge in [-0.05, 0) is 63.2 Å². The van der Waals surface area contributed by atoms with Gasteiger partial charge in [0.05, 0.1) is 29.0 Å². The van der Waals surface area contributed by atoms with Crippen LogP contribution in [0.3, 0.4) is 0 Å². The van der Waals surface area contributed by atoms with Gasteiger partial charge in [-0.3, -0.25) is 9.36 Å². The number of ether oxygens (including phenoxy) is 3. The van der Waals surface area contributed by atoms with Crippen molar-refractivity contribution in [1.29, 1.82) is 0 Å². The number of thiazole rings is 1. The van der Waals surface area contributed by atoms with Crippen molar-refractivity contribution in [1.82, 2.24) is 4.57 Å². The summed E-state index contributed by atoms with van der Waals surface area (Å²) in [6, 6.07) is 10.3. The third-order valence-corrected chi connectivity index (χ3v) is 7.66. The molecule has 2 aromatic carbocycles. The number of nitrogens with zero attached hydrogens (tertiary/aromatic N) is 2. The second-order valence-corrected chi connectivity index (χ2v) is 11.5. The maximum Gasteiger partial charge on any atom is 0.338 e. The van der Waals surface area contributed by atoms with Gasteiger partial charge >= 0.3 is 5.97 Å². The van der Waals surface area contributed by atoms with Crippen LogP contribution >= 0.6 is 43.2 Å². The molecule has 0 radical (unpaired) electrons. The molecule has 0 spiro atoms. The number of fused-ring (bicyclic) bond motifs is 1. The topological polar surface area (TPSA) is 79.1 Å². The molecule has 2 heterocycles. The Morgan fingerprint density at radius 3 is 2.53 bits per heavy atom. The lowest BCUT2D eigenvalue weighted by Crippen LogP contribution is -2.40. The fraction of sp³-hybridized carbons (Fsp3) is 0.250. The van der Waals surface area contributed by atoms with Crippen molar-refractivity contribution < 1.29 is 19.0 Å². The molecule has 0 saturated heterocycles. The Morgan fingerprint density at radius 1 is 1.18 bits per heavy atom. The van der Waals surface area contributed by atoms with E-state index in [1.165, 1.54) is 15.9 Å². The summed E-state index contributed by atoms with van der Waals surface area (Å²) < 4.78 is 20.6. The van der Waals surface area contributed by atoms with Gasteiger partial charge < -0.3 is 14.2 Å². The molecule has 0 fully saturated rings. The van der Waals surface area contributed by atoms with Crippen molar-refractivity contribution in [2.24, 2.45) is 4.99 Å². The van der Waals surface area contributed by atoms with Crippen LogP contribution in [0.25, 0.3) is 6.08 Å². The number of carbonyl (C=O) groups is 1. The average Bonchev–Trinajstić information content (AvgIpc) is 3.16. The lowest BCUT2D eigenvalue weighted by molar-refractivity contribution is -0.143. The first-order valence-electron chi connectivity index (χ1n) is 11.7. The SMILES string of the molecule is C=CCOc1ccc(Br)cc1/C=c1\sc2n(c1=O)[C@H](c1cc(Br)ccc1OC)C(C(=O)OC(C)C)=C(C)N=2. The summed E-state index contributed by atoms with van der Waals surface area (Å²) in [5.41, 5.74) is 1.83. The number of halogens is 2. The second kappa shape index (κ2) is 11.8. The van der Waals surface area contributed by atoms with Crippen molar-refractivity contribution in [3.05, 3.63) is 100 Å². The number of hydrogen-bond donors (Lipinski definition) is 0. The molecule has 0 N–H and O–H groups in total. The zero-order valence-corrected chi connectivity index (χ0v) is 25.3. The normalized spacial score (nSPS) is 15.2. The Balaban J connectivity index is 1.99. The number of benzene rings is 2. The molecule has 0 saturated carbocycles. The molecule has 0 unspecified atom stereocenters. The summed E-state index contributed by atoms with van der Waals surface area (Å²) in [5, 5.41) is 0. The molecular weight excluding hydrogens is 636 g/mol. The number of aromatic nitrogens is 1. The number of rotatable bonds is 8. The highest BCUT2D eigenvalue weighted by molar-refractivity contribution is 9.10. The Kier molecular flexibility index (Phi) is 8.74. The number of allylic oxidation sites excluding steroid dienone is 1. The van der Waals surface area contributed by atoms with Crippen LogP contribution in [0.4, 0.5) is 0 Å². The van der Waals surface area contributed by atoms with Gasteiger partial charge in [-0.25, -0.2) is 9.79 Å². The van der Waals surface area contributed by atoms with Gasteiger partial charge in [0.2, 0.25) is 0 Å². The van der Waals surface area contributed by atoms with Crippen LogP contribution in [0, 0.1) is 0 Å². The highest BCUT2D eigenvalue weighted by Crippen LogP contribution is 2.37. The van der Waals surface area contributed by atoms with Gasteiger partial charge in [-0.15, -0.1) is 0 Å². The highest BCUT2D eigenvalue weighted by Gasteiger charge is 2.35. The molecule has 38 heavy (non-hydrogen) atoms. The van der Waals surface area contributed by atoms with Gasteiger partial charge in [-0.1, -0.05) is 55.9 Å². The third kappa shape index (κ3) is 5.72. The van der Waals surface area contributed by atoms with Crippen molar-refractivity contribution in [2.45, 2.75) is 32.9 Å². The fourth-order valence-corrected chi connectivity index (χ4v) is 5.92. The molecule has 1 aliphatic heterocycles. The van der Waals surface area contributed by atoms with E-state index in [0.717, 1.165) is 14.5 Å². The predicted octanol–water partition coefficient (Wildman–Crippen LogP) is 5.29. The number of methoxy groups -OCH3 is 1. The Labute approximate surface area is 241 Å². The smallest absolute Gasteiger partial charge is 0.338 e. The summed E-state index contributed by atoms with van der Waals surface area (Å²) in [4.78, 5) is 32.5. The van der Waals surface area contributed by atoms with Gasteiger partial charge in [-0.2, -0.15) is 0 Å². The van der Waals surface area contributed by atoms with E-state index in [-0.39, 0.29) is 17.2 Å². The van der Waals surface area contributed by atoms with Crippen LogP contribution in [0.1, 0.15) is 37.9 Å². The molecule has 3 aromatic rings. The van der Waals surface area contributed by atoms with Crippen LogP contribution in [0.15, 0.2) is 79.1 Å². The maximum atomic E-state index is 14.0. The maximum absolute atomic E-state index is 14.0. The van der Waals surface area contributed by atoms with Crippen molar-refractivity contribution >= 4 is 55.2 Å². The van der Waals surface area contributed by atoms with Gasteiger partial charge in [0.25, 0.3) is 5.56 Å². The quantitative estimate of drug-likeness (QED) is 0.242. The zero-order valence-electron chi connectivity index (χ0n) is 21.3. The lowest BCUT2D eigenvalue weighted by atomic mass is 9.95. The van der Waals surface area contributed by atoms with Crippen LogP contribution in [-0.4, -0.2) is 30.4 Å². The molecule has 0 amide bonds. The number of hydrogen-bond acceptors (Lipinski definition) is 7. The largest absolute Gasteiger partial charge is 0.496 e. The standard InChI is InChI=1S/C28H26Br2N2O5S/c1-6-11-36-21-9-7-18(29)12-17(21)13-23-26(33)32-25(20-14-19(30)8-10-22(20)35-5)24(27(34)37-15(2)3)16(4)31-28(32)38-23/h6-10,12-15,25H,1,11H2,2-5H3/b23-13-/t25-/m1/s1. The van der Waals surface area contributed by atoms with E-state index in [2.05, 4.69) is 43.4 Å². The van der Waals surface area contributed by atoms with Crippen molar-refractivity contribution in [3.8, 4) is 11.5 Å². The zero-order chi connectivity index (χ0) is 27.6. The molecule has 4 rings (SSSR count). The van der Waals surface area contributed by atoms with E-state index in [4.69, 9.17) is 14.2 Å². The minimum Gasteiger partial charge on any atom is -0.496 e. The van der Waals surface area contributed by atoms with Crippen LogP contribution < -0.4 is 24.4 Å². The second-order valence-electron chi connectivity index (χ2n) is 8.70. The van der Waals surface area contributed by atoms with Gasteiger partial charge in [0.15, 0.2) is 4.80 Å². The van der Waals surface area contributed by atoms with Crippen LogP contribution in [-0.2, 0) is 9.53 Å². The molecule has 1 aromatic heterocycles. The Morgan fingerprint density at radius 2 is 1.87 bits per heavy atom. The summed E-state index contributed by atoms with van der Waals surface area (Å²) in [6.45, 7) is 9.34. The van der Waals surface area contributed by atoms with E-state index in [1.54, 1.807) is 46.1 Å². The summed E-state index contributed by atoms with van der Waals surface area (Å²) >= 11 is 8.26. The van der Waals surface area contributed by atoms with E-state index < -0.39 is 12.0 Å². The average molecular weight is 662 g/mol. The van der Waals surface area contributed by atoms with Gasteiger partial charge in [0.1, 0.15) is 24.1 Å². The molecule has 1 aliphatic rings. The lowest BCUT2D eigenvalue weighted by Gasteiger charge is -2.26. The van der Waals surface area contributed by atoms with Crippen molar-refractivity contribution in [2.75, 3.05) is 13.7 Å². The molecule has 7 nitrogen and oxygen atoms in total. The monoisotopic (exact) mass is 660 g/mol. The predicted molar refractivity (Wildman–Crippen MR) is 156 cm³/mol. The first-order valence-corrected chi connectivity index (χ1v) is 14.1. The minimum atomic E-state index is -0.800. The number of esters is 1. The third-order valence-electron chi connectivity index (χ3n) is 5.69.